The van der Waals surface area contributed by atoms with Gasteiger partial charge in [-0.05, 0) is 124 Å². The summed E-state index contributed by atoms with van der Waals surface area (Å²) in [6.45, 7) is 4.74. The number of aromatic hydroxyl groups is 3. The van der Waals surface area contributed by atoms with Crippen molar-refractivity contribution in [3.8, 4) is 17.2 Å². The van der Waals surface area contributed by atoms with E-state index in [-0.39, 0.29) is 10.8 Å². The van der Waals surface area contributed by atoms with Crippen molar-refractivity contribution in [2.45, 2.75) is 63.5 Å². The van der Waals surface area contributed by atoms with Crippen LogP contribution in [0.1, 0.15) is 55.7 Å². The predicted molar refractivity (Wildman–Crippen MR) is 216 cm³/mol. The molecule has 2 aromatic heterocycles. The third-order valence-electron chi connectivity index (χ3n) is 11.2. The maximum atomic E-state index is 10.7. The largest absolute Gasteiger partial charge is 0.508 e. The third kappa shape index (κ3) is 7.75. The van der Waals surface area contributed by atoms with E-state index in [2.05, 4.69) is 49.1 Å². The molecule has 0 amide bonds. The molecule has 1 saturated carbocycles. The lowest BCUT2D eigenvalue weighted by Crippen LogP contribution is -2.59. The van der Waals surface area contributed by atoms with Crippen LogP contribution in [-0.4, -0.2) is 56.4 Å². The van der Waals surface area contributed by atoms with Gasteiger partial charge in [-0.15, -0.1) is 0 Å². The van der Waals surface area contributed by atoms with Crippen molar-refractivity contribution in [3.05, 3.63) is 116 Å². The number of phenolic OH excluding ortho intramolecular Hbond substituents is 3. The van der Waals surface area contributed by atoms with Crippen LogP contribution in [0.3, 0.4) is 0 Å². The van der Waals surface area contributed by atoms with Crippen LogP contribution in [0.4, 0.5) is 11.4 Å². The summed E-state index contributed by atoms with van der Waals surface area (Å²) in [4.78, 5) is 20.0. The molecule has 10 nitrogen and oxygen atoms in total. The number of anilines is 2. The van der Waals surface area contributed by atoms with E-state index in [1.807, 2.05) is 49.4 Å². The van der Waals surface area contributed by atoms with Crippen molar-refractivity contribution in [1.82, 2.24) is 20.2 Å². The lowest BCUT2D eigenvalue weighted by atomic mass is 9.52. The second kappa shape index (κ2) is 15.9. The Bertz CT molecular complexity index is 2300. The summed E-state index contributed by atoms with van der Waals surface area (Å²) in [7, 11) is 2.30. The lowest BCUT2D eigenvalue weighted by Gasteiger charge is -2.58. The number of pyridine rings is 1. The maximum Gasteiger partial charge on any atom is 0.417 e. The number of likely N-dealkylation sites (N-methyl/N-ethyl adjacent to an activating group) is 1. The van der Waals surface area contributed by atoms with Gasteiger partial charge in [0, 0.05) is 57.6 Å². The van der Waals surface area contributed by atoms with Gasteiger partial charge in [0.1, 0.15) is 17.2 Å². The first-order valence-electron chi connectivity index (χ1n) is 18.4. The standard InChI is InChI=1S/C18H18ClN3O.C17H23NO.C7H4ClNO3/c1-2-20-11-12-9-14(4-6-18(12)23)22-16-7-8-21-17-10-13(19)3-5-15(16)17;1-18-9-8-17-7-3-2-4-14(17)16(18)10-12-5-6-13(19)11-15(12)17;8-3-1-4-6(2-5(3)10)12-7(11)9-4/h3-10,20,23H,2,11H2,1H3,(H,21,22);5-6,11,14,16,19H,2-4,7-10H2,1H3;1-2,10H,(H,9,11)/t;14-,16+,17+;/m.1./s1. The van der Waals surface area contributed by atoms with E-state index in [1.54, 1.807) is 12.3 Å². The minimum absolute atomic E-state index is 0.105. The quantitative estimate of drug-likeness (QED) is 0.0946. The van der Waals surface area contributed by atoms with Crippen molar-refractivity contribution in [2.75, 3.05) is 25.5 Å². The molecule has 0 spiro atoms. The number of halogens is 2. The predicted octanol–water partition coefficient (Wildman–Crippen LogP) is 9.01. The number of rotatable bonds is 5. The molecule has 1 saturated heterocycles. The maximum absolute atomic E-state index is 10.7. The highest BCUT2D eigenvalue weighted by Crippen LogP contribution is 2.55. The summed E-state index contributed by atoms with van der Waals surface area (Å²) in [6.07, 6.45) is 9.68. The summed E-state index contributed by atoms with van der Waals surface area (Å²) < 4.78 is 4.67. The summed E-state index contributed by atoms with van der Waals surface area (Å²) in [5.41, 5.74) is 7.69. The first kappa shape index (κ1) is 37.6. The SMILES string of the molecule is CCNCc1cc(Nc2ccnc3cc(Cl)ccc23)ccc1O.CN1CC[C@@]23CCCC[C@@H]2[C@@H]1Cc1ccc(O)cc13.O=c1[nH]c2cc(Cl)c(O)cc2o1. The molecule has 9 rings (SSSR count). The van der Waals surface area contributed by atoms with Gasteiger partial charge in [-0.2, -0.15) is 0 Å². The number of aromatic amines is 1. The van der Waals surface area contributed by atoms with E-state index in [1.165, 1.54) is 68.3 Å². The lowest BCUT2D eigenvalue weighted by molar-refractivity contribution is 0.00274. The van der Waals surface area contributed by atoms with E-state index in [9.17, 15) is 15.0 Å². The van der Waals surface area contributed by atoms with Crippen LogP contribution in [0, 0.1) is 5.92 Å². The van der Waals surface area contributed by atoms with Crippen LogP contribution in [0.2, 0.25) is 10.0 Å². The molecule has 3 aliphatic rings. The van der Waals surface area contributed by atoms with Crippen LogP contribution >= 0.6 is 23.2 Å². The van der Waals surface area contributed by atoms with E-state index in [0.29, 0.717) is 39.6 Å². The van der Waals surface area contributed by atoms with Crippen LogP contribution in [0.15, 0.2) is 88.2 Å². The Kier molecular flexibility index (Phi) is 11.1. The molecule has 0 unspecified atom stereocenters. The molecule has 0 radical (unpaired) electrons. The molecule has 6 aromatic rings. The number of nitrogens with zero attached hydrogens (tertiary/aromatic N) is 2. The van der Waals surface area contributed by atoms with Gasteiger partial charge in [-0.25, -0.2) is 4.79 Å². The smallest absolute Gasteiger partial charge is 0.417 e. The molecular formula is C42H45Cl2N5O5. The van der Waals surface area contributed by atoms with Crippen molar-refractivity contribution in [1.29, 1.82) is 0 Å². The highest BCUT2D eigenvalue weighted by atomic mass is 35.5. The molecule has 3 heterocycles. The molecule has 2 fully saturated rings. The molecule has 3 atom stereocenters. The Balaban J connectivity index is 0.000000131. The van der Waals surface area contributed by atoms with Crippen molar-refractivity contribution < 1.29 is 19.7 Å². The van der Waals surface area contributed by atoms with Gasteiger partial charge in [0.15, 0.2) is 5.58 Å². The topological polar surface area (TPSA) is 147 Å². The van der Waals surface area contributed by atoms with Crippen LogP contribution in [0.5, 0.6) is 17.2 Å². The van der Waals surface area contributed by atoms with Gasteiger partial charge >= 0.3 is 5.76 Å². The number of nitrogens with one attached hydrogen (secondary N) is 3. The summed E-state index contributed by atoms with van der Waals surface area (Å²) >= 11 is 11.6. The molecule has 282 valence electrons. The molecule has 2 bridgehead atoms. The molecule has 1 aliphatic heterocycles. The first-order chi connectivity index (χ1) is 26.0. The zero-order valence-corrected chi connectivity index (χ0v) is 31.8. The Hall–Kier alpha value is -4.74. The zero-order chi connectivity index (χ0) is 38.0. The third-order valence-corrected chi connectivity index (χ3v) is 11.8. The number of hydrogen-bond acceptors (Lipinski definition) is 9. The molecule has 54 heavy (non-hydrogen) atoms. The van der Waals surface area contributed by atoms with Crippen LogP contribution < -0.4 is 16.4 Å². The Morgan fingerprint density at radius 2 is 1.83 bits per heavy atom. The van der Waals surface area contributed by atoms with E-state index in [0.717, 1.165) is 46.3 Å². The van der Waals surface area contributed by atoms with Gasteiger partial charge in [0.05, 0.1) is 16.1 Å². The van der Waals surface area contributed by atoms with Crippen LogP contribution in [0.25, 0.3) is 22.0 Å². The van der Waals surface area contributed by atoms with Crippen molar-refractivity contribution in [2.24, 2.45) is 5.92 Å². The summed E-state index contributed by atoms with van der Waals surface area (Å²) in [6, 6.07) is 22.6. The van der Waals surface area contributed by atoms with Crippen LogP contribution in [-0.2, 0) is 18.4 Å². The number of phenols is 3. The monoisotopic (exact) mass is 769 g/mol. The second-order valence-corrected chi connectivity index (χ2v) is 15.3. The van der Waals surface area contributed by atoms with E-state index in [4.69, 9.17) is 28.3 Å². The molecule has 4 aromatic carbocycles. The number of oxazole rings is 1. The van der Waals surface area contributed by atoms with Gasteiger partial charge in [0.2, 0.25) is 0 Å². The highest BCUT2D eigenvalue weighted by molar-refractivity contribution is 6.32. The first-order valence-corrected chi connectivity index (χ1v) is 19.2. The number of hydrogen-bond donors (Lipinski definition) is 6. The Morgan fingerprint density at radius 3 is 2.67 bits per heavy atom. The number of fused-ring (bicyclic) bond motifs is 3. The van der Waals surface area contributed by atoms with E-state index < -0.39 is 5.76 Å². The number of likely N-dealkylation sites (tertiary alicyclic amines) is 1. The molecular weight excluding hydrogens is 725 g/mol. The van der Waals surface area contributed by atoms with Gasteiger partial charge < -0.3 is 35.3 Å². The van der Waals surface area contributed by atoms with Crippen molar-refractivity contribution in [3.63, 3.8) is 0 Å². The molecule has 2 aliphatic carbocycles. The highest BCUT2D eigenvalue weighted by Gasteiger charge is 2.53. The van der Waals surface area contributed by atoms with Gasteiger partial charge in [-0.3, -0.25) is 9.97 Å². The Labute approximate surface area is 323 Å². The summed E-state index contributed by atoms with van der Waals surface area (Å²) in [5, 5.41) is 37.4. The fraction of sp³-hybridized carbons (Fsp3) is 0.333. The average molecular weight is 771 g/mol. The Morgan fingerprint density at radius 1 is 0.981 bits per heavy atom. The fourth-order valence-electron chi connectivity index (χ4n) is 8.60. The number of H-pyrrole nitrogens is 1. The second-order valence-electron chi connectivity index (χ2n) is 14.4. The fourth-order valence-corrected chi connectivity index (χ4v) is 8.93. The minimum atomic E-state index is -0.563. The average Bonchev–Trinajstić information content (AvgIpc) is 3.52. The number of aromatic nitrogens is 2. The van der Waals surface area contributed by atoms with E-state index >= 15 is 0 Å². The molecule has 12 heteroatoms. The number of piperidine rings is 1. The zero-order valence-electron chi connectivity index (χ0n) is 30.3. The normalized spacial score (nSPS) is 20.2. The van der Waals surface area contributed by atoms with Gasteiger partial charge in [0.25, 0.3) is 0 Å². The summed E-state index contributed by atoms with van der Waals surface area (Å²) in [5.74, 6) is 0.894. The van der Waals surface area contributed by atoms with Gasteiger partial charge in [-0.1, -0.05) is 49.0 Å². The van der Waals surface area contributed by atoms with Crippen molar-refractivity contribution >= 4 is 56.6 Å². The minimum Gasteiger partial charge on any atom is -0.508 e. The number of benzene rings is 4. The molecule has 6 N–H and O–H groups in total.